The fourth-order valence-electron chi connectivity index (χ4n) is 15.6. The Labute approximate surface area is 368 Å². The van der Waals surface area contributed by atoms with E-state index in [-0.39, 0.29) is 50.8 Å². The van der Waals surface area contributed by atoms with Gasteiger partial charge in [0.15, 0.2) is 9.84 Å². The molecule has 0 radical (unpaired) electrons. The molecular weight excluding hydrogens is 772 g/mol. The maximum Gasteiger partial charge on any atom is 0.152 e. The van der Waals surface area contributed by atoms with Gasteiger partial charge in [0.05, 0.1) is 23.7 Å². The molecule has 0 spiro atoms. The molecule has 3 saturated carbocycles. The number of benzene rings is 2. The average Bonchev–Trinajstić information content (AvgIpc) is 3.59. The number of halogens is 1. The van der Waals surface area contributed by atoms with Gasteiger partial charge >= 0.3 is 0 Å². The van der Waals surface area contributed by atoms with Gasteiger partial charge in [0.25, 0.3) is 0 Å². The van der Waals surface area contributed by atoms with Gasteiger partial charge in [-0.25, -0.2) is 8.42 Å². The molecule has 6 heteroatoms. The summed E-state index contributed by atoms with van der Waals surface area (Å²) in [6.45, 7) is 20.9. The number of hydrogen-bond donors (Lipinski definition) is 1. The molecule has 0 bridgehead atoms. The molecule has 0 unspecified atom stereocenters. The van der Waals surface area contributed by atoms with E-state index in [2.05, 4.69) is 138 Å². The summed E-state index contributed by atoms with van der Waals surface area (Å²) in [5.41, 5.74) is 10.6. The first-order valence-electron chi connectivity index (χ1n) is 24.2. The highest BCUT2D eigenvalue weighted by Gasteiger charge is 2.69. The topological polar surface area (TPSA) is 49.4 Å². The van der Waals surface area contributed by atoms with E-state index in [1.807, 2.05) is 0 Å². The highest BCUT2D eigenvalue weighted by atomic mass is 32.2. The van der Waals surface area contributed by atoms with Crippen LogP contribution in [-0.2, 0) is 16.3 Å². The van der Waals surface area contributed by atoms with Crippen molar-refractivity contribution in [2.45, 2.75) is 125 Å². The first-order valence-corrected chi connectivity index (χ1v) is 26.0. The highest BCUT2D eigenvalue weighted by Crippen LogP contribution is 2.76. The van der Waals surface area contributed by atoms with Gasteiger partial charge < -0.3 is 10.2 Å². The van der Waals surface area contributed by atoms with Crippen LogP contribution in [0.4, 0.5) is 4.39 Å². The van der Waals surface area contributed by atoms with Crippen LogP contribution in [0.1, 0.15) is 124 Å². The summed E-state index contributed by atoms with van der Waals surface area (Å²) in [6.07, 6.45) is 19.9. The van der Waals surface area contributed by atoms with Crippen molar-refractivity contribution in [3.8, 4) is 0 Å². The minimum Gasteiger partial charge on any atom is -0.303 e. The molecule has 4 nitrogen and oxygen atoms in total. The van der Waals surface area contributed by atoms with Crippen molar-refractivity contribution in [2.75, 3.05) is 44.4 Å². The molecule has 6 aliphatic carbocycles. The van der Waals surface area contributed by atoms with Crippen molar-refractivity contribution in [2.24, 2.45) is 50.7 Å². The van der Waals surface area contributed by atoms with E-state index < -0.39 is 9.84 Å². The second kappa shape index (κ2) is 15.7. The predicted octanol–water partition coefficient (Wildman–Crippen LogP) is 12.0. The Bertz CT molecular complexity index is 2210. The first kappa shape index (κ1) is 43.5. The summed E-state index contributed by atoms with van der Waals surface area (Å²) in [5, 5.41) is 4.25. The Morgan fingerprint density at radius 1 is 0.803 bits per heavy atom. The van der Waals surface area contributed by atoms with Crippen LogP contribution in [0.3, 0.4) is 0 Å². The number of fused-ring (bicyclic) bond motifs is 7. The van der Waals surface area contributed by atoms with Crippen LogP contribution in [0.15, 0.2) is 101 Å². The summed E-state index contributed by atoms with van der Waals surface area (Å²) in [5.74, 6) is 2.75. The molecule has 330 valence electrons. The number of sulfone groups is 1. The Balaban J connectivity index is 1.01. The summed E-state index contributed by atoms with van der Waals surface area (Å²) >= 11 is 0. The van der Waals surface area contributed by atoms with E-state index in [0.717, 1.165) is 51.6 Å². The van der Waals surface area contributed by atoms with Crippen LogP contribution >= 0.6 is 0 Å². The number of nitrogens with zero attached hydrogens (tertiary/aromatic N) is 1. The molecule has 1 heterocycles. The van der Waals surface area contributed by atoms with Crippen LogP contribution in [0.5, 0.6) is 0 Å². The van der Waals surface area contributed by atoms with E-state index in [0.29, 0.717) is 36.8 Å². The van der Waals surface area contributed by atoms with Crippen LogP contribution < -0.4 is 5.32 Å². The molecule has 7 aliphatic rings. The van der Waals surface area contributed by atoms with Crippen LogP contribution in [0.2, 0.25) is 0 Å². The highest BCUT2D eigenvalue weighted by molar-refractivity contribution is 7.91. The van der Waals surface area contributed by atoms with Gasteiger partial charge in [0, 0.05) is 31.6 Å². The molecule has 2 aromatic rings. The van der Waals surface area contributed by atoms with Gasteiger partial charge in [-0.1, -0.05) is 127 Å². The Morgan fingerprint density at radius 3 is 2.16 bits per heavy atom. The molecule has 1 saturated heterocycles. The summed E-state index contributed by atoms with van der Waals surface area (Å²) < 4.78 is 39.4. The zero-order chi connectivity index (χ0) is 43.1. The SMILES string of the molecule is CC(C)C1=C2[C@H]3CC[C@@H]4[C@@]5(C)CC=C(C6=CC[C@@](CF)(Cc7ccccc7)CC6)C(C)(C)[C@@H]5CC[C@@]4(C)[C@]3(C)CC[C@@]2(NCCN2CCS(=O)(=O)CC2)C=C1c1ccccc1. The molecule has 9 rings (SSSR count). The monoisotopic (exact) mass is 847 g/mol. The number of nitrogens with one attached hydrogen (secondary N) is 1. The molecular formula is C55H75FN2O2S. The van der Waals surface area contributed by atoms with E-state index in [1.165, 1.54) is 54.4 Å². The lowest BCUT2D eigenvalue weighted by Crippen LogP contribution is -2.66. The lowest BCUT2D eigenvalue weighted by Gasteiger charge is -2.71. The fourth-order valence-corrected chi connectivity index (χ4v) is 16.9. The third kappa shape index (κ3) is 7.14. The van der Waals surface area contributed by atoms with E-state index in [9.17, 15) is 12.8 Å². The standard InChI is InChI=1S/C55H75FN2O2S/c1-39(2)48-43(41-16-12-9-13-17-41)37-55(57-30-31-58-32-34-61(59,60)35-33-58)29-28-52(6)45(49(48)55)18-19-47-51(5)24-22-44(50(3,4)46(51)23-25-53(47,52)7)42-20-26-54(38-56,27-21-42)36-40-14-10-8-11-15-40/h8-17,20,22,37,39,45-47,57H,18-19,21,23-36,38H2,1-7H3/t45-,46+,47-,51+,52-,53-,54+,55-/m1/s1. The number of alkyl halides is 1. The molecule has 0 aromatic heterocycles. The quantitative estimate of drug-likeness (QED) is 0.259. The fraction of sp³-hybridized carbons (Fsp3) is 0.636. The maximum atomic E-state index is 14.9. The van der Waals surface area contributed by atoms with Crippen molar-refractivity contribution in [1.82, 2.24) is 10.2 Å². The van der Waals surface area contributed by atoms with Crippen LogP contribution in [0, 0.1) is 50.7 Å². The first-order chi connectivity index (χ1) is 29.0. The van der Waals surface area contributed by atoms with Gasteiger partial charge in [0.2, 0.25) is 0 Å². The minimum absolute atomic E-state index is 0.0739. The van der Waals surface area contributed by atoms with Crippen LogP contribution in [-0.4, -0.2) is 63.2 Å². The zero-order valence-electron chi connectivity index (χ0n) is 38.6. The number of rotatable bonds is 10. The van der Waals surface area contributed by atoms with Crippen molar-refractivity contribution in [1.29, 1.82) is 0 Å². The zero-order valence-corrected chi connectivity index (χ0v) is 39.4. The largest absolute Gasteiger partial charge is 0.303 e. The van der Waals surface area contributed by atoms with E-state index in [1.54, 1.807) is 16.7 Å². The Kier molecular flexibility index (Phi) is 11.2. The van der Waals surface area contributed by atoms with Gasteiger partial charge in [0.1, 0.15) is 0 Å². The van der Waals surface area contributed by atoms with Gasteiger partial charge in [-0.15, -0.1) is 0 Å². The molecule has 61 heavy (non-hydrogen) atoms. The van der Waals surface area contributed by atoms with Crippen molar-refractivity contribution >= 4 is 15.4 Å². The summed E-state index contributed by atoms with van der Waals surface area (Å²) in [4.78, 5) is 2.35. The number of allylic oxidation sites excluding steroid dienone is 6. The third-order valence-corrected chi connectivity index (χ3v) is 20.6. The molecule has 4 fully saturated rings. The Hall–Kier alpha value is -2.80. The summed E-state index contributed by atoms with van der Waals surface area (Å²) in [6, 6.07) is 21.7. The van der Waals surface area contributed by atoms with Crippen molar-refractivity contribution in [3.05, 3.63) is 112 Å². The third-order valence-electron chi connectivity index (χ3n) is 19.0. The Morgan fingerprint density at radius 2 is 1.51 bits per heavy atom. The average molecular weight is 847 g/mol. The molecule has 1 N–H and O–H groups in total. The van der Waals surface area contributed by atoms with E-state index in [4.69, 9.17) is 0 Å². The van der Waals surface area contributed by atoms with Crippen LogP contribution in [0.25, 0.3) is 5.57 Å². The molecule has 8 atom stereocenters. The maximum absolute atomic E-state index is 14.9. The van der Waals surface area contributed by atoms with Gasteiger partial charge in [-0.2, -0.15) is 0 Å². The molecule has 1 aliphatic heterocycles. The van der Waals surface area contributed by atoms with Gasteiger partial charge in [-0.3, -0.25) is 4.39 Å². The van der Waals surface area contributed by atoms with Crippen molar-refractivity contribution in [3.63, 3.8) is 0 Å². The normalized spacial score (nSPS) is 38.1. The minimum atomic E-state index is -2.90. The lowest BCUT2D eigenvalue weighted by atomic mass is 9.33. The lowest BCUT2D eigenvalue weighted by molar-refractivity contribution is -0.195. The van der Waals surface area contributed by atoms with E-state index >= 15 is 0 Å². The number of hydrogen-bond acceptors (Lipinski definition) is 4. The molecule has 2 aromatic carbocycles. The molecule has 0 amide bonds. The summed E-state index contributed by atoms with van der Waals surface area (Å²) in [7, 11) is -2.90. The second-order valence-corrected chi connectivity index (χ2v) is 25.0. The van der Waals surface area contributed by atoms with Gasteiger partial charge in [-0.05, 0) is 155 Å². The van der Waals surface area contributed by atoms with Crippen molar-refractivity contribution < 1.29 is 12.8 Å². The second-order valence-electron chi connectivity index (χ2n) is 22.7. The smallest absolute Gasteiger partial charge is 0.152 e. The predicted molar refractivity (Wildman–Crippen MR) is 252 cm³/mol.